The molecule has 1 aliphatic rings. The summed E-state index contributed by atoms with van der Waals surface area (Å²) in [5.74, 6) is 1.10. The fraction of sp³-hybridized carbons (Fsp3) is 0.300. The van der Waals surface area contributed by atoms with Gasteiger partial charge in [0.1, 0.15) is 5.75 Å². The van der Waals surface area contributed by atoms with Gasteiger partial charge in [-0.25, -0.2) is 0 Å². The third-order valence-corrected chi connectivity index (χ3v) is 2.49. The minimum atomic E-state index is 0.401. The average molecular weight is 197 g/mol. The van der Waals surface area contributed by atoms with E-state index in [0.29, 0.717) is 23.2 Å². The molecule has 1 aromatic carbocycles. The molecule has 0 amide bonds. The lowest BCUT2D eigenvalue weighted by atomic mass is 10.1. The Hall–Kier alpha value is -1.02. The molecule has 0 aromatic heterocycles. The summed E-state index contributed by atoms with van der Waals surface area (Å²) in [6.07, 6.45) is 2.45. The number of carbonyl (C=O) groups is 1. The third kappa shape index (κ3) is 1.83. The van der Waals surface area contributed by atoms with Crippen molar-refractivity contribution in [3.63, 3.8) is 0 Å². The van der Waals surface area contributed by atoms with Crippen LogP contribution in [0.4, 0.5) is 0 Å². The summed E-state index contributed by atoms with van der Waals surface area (Å²) in [6, 6.07) is 5.60. The van der Waals surface area contributed by atoms with E-state index >= 15 is 0 Å². The molecule has 1 fully saturated rings. The van der Waals surface area contributed by atoms with Crippen molar-refractivity contribution in [2.45, 2.75) is 18.8 Å². The van der Waals surface area contributed by atoms with Gasteiger partial charge >= 0.3 is 0 Å². The number of hydrogen-bond acceptors (Lipinski definition) is 2. The van der Waals surface area contributed by atoms with E-state index in [9.17, 15) is 4.79 Å². The number of rotatable bonds is 3. The Morgan fingerprint density at radius 1 is 1.46 bits per heavy atom. The Morgan fingerprint density at radius 3 is 2.85 bits per heavy atom. The first-order valence-corrected chi connectivity index (χ1v) is 4.59. The molecule has 0 spiro atoms. The van der Waals surface area contributed by atoms with Crippen LogP contribution in [0, 0.1) is 0 Å². The van der Waals surface area contributed by atoms with Gasteiger partial charge < -0.3 is 4.74 Å². The maximum Gasteiger partial charge on any atom is 0.298 e. The quantitative estimate of drug-likeness (QED) is 0.695. The summed E-state index contributed by atoms with van der Waals surface area (Å²) in [5.41, 5.74) is 1.21. The predicted octanol–water partition coefficient (Wildman–Crippen LogP) is 2.75. The monoisotopic (exact) mass is 196 g/mol. The van der Waals surface area contributed by atoms with Crippen molar-refractivity contribution >= 4 is 18.1 Å². The zero-order valence-electron chi connectivity index (χ0n) is 7.00. The Bertz CT molecular complexity index is 332. The van der Waals surface area contributed by atoms with Gasteiger partial charge in [0.15, 0.2) is 0 Å². The summed E-state index contributed by atoms with van der Waals surface area (Å²) >= 11 is 5.82. The molecule has 3 heteroatoms. The van der Waals surface area contributed by atoms with Crippen LogP contribution in [0.15, 0.2) is 18.2 Å². The van der Waals surface area contributed by atoms with Gasteiger partial charge in [-0.1, -0.05) is 17.7 Å². The molecule has 68 valence electrons. The largest absolute Gasteiger partial charge is 0.427 e. The van der Waals surface area contributed by atoms with E-state index in [0.717, 1.165) is 0 Å². The lowest BCUT2D eigenvalue weighted by Crippen LogP contribution is -1.90. The van der Waals surface area contributed by atoms with Gasteiger partial charge in [0.25, 0.3) is 6.47 Å². The molecule has 0 aliphatic heterocycles. The standard InChI is InChI=1S/C10H9ClO2/c11-9-4-3-8(7-1-2-7)5-10(9)13-6-12/h3-7H,1-2H2. The Labute approximate surface area is 81.5 Å². The lowest BCUT2D eigenvalue weighted by molar-refractivity contribution is -0.120. The van der Waals surface area contributed by atoms with E-state index in [1.807, 2.05) is 12.1 Å². The highest BCUT2D eigenvalue weighted by atomic mass is 35.5. The Balaban J connectivity index is 2.29. The van der Waals surface area contributed by atoms with Crippen molar-refractivity contribution in [3.8, 4) is 5.75 Å². The fourth-order valence-corrected chi connectivity index (χ4v) is 1.49. The fourth-order valence-electron chi connectivity index (χ4n) is 1.33. The molecule has 2 nitrogen and oxygen atoms in total. The zero-order valence-corrected chi connectivity index (χ0v) is 7.75. The second-order valence-corrected chi connectivity index (χ2v) is 3.59. The number of carbonyl (C=O) groups excluding carboxylic acids is 1. The zero-order chi connectivity index (χ0) is 9.26. The van der Waals surface area contributed by atoms with E-state index in [2.05, 4.69) is 0 Å². The molecule has 0 radical (unpaired) electrons. The molecule has 1 aromatic rings. The van der Waals surface area contributed by atoms with Crippen LogP contribution in [0.3, 0.4) is 0 Å². The number of benzene rings is 1. The highest BCUT2D eigenvalue weighted by Crippen LogP contribution is 2.42. The van der Waals surface area contributed by atoms with Crippen molar-refractivity contribution < 1.29 is 9.53 Å². The van der Waals surface area contributed by atoms with Crippen LogP contribution in [0.25, 0.3) is 0 Å². The molecule has 0 unspecified atom stereocenters. The van der Waals surface area contributed by atoms with Crippen LogP contribution >= 0.6 is 11.6 Å². The summed E-state index contributed by atoms with van der Waals surface area (Å²) in [6.45, 7) is 0.401. The molecular formula is C10H9ClO2. The molecule has 0 saturated heterocycles. The van der Waals surface area contributed by atoms with Crippen LogP contribution in [0.5, 0.6) is 5.75 Å². The first kappa shape index (κ1) is 8.57. The summed E-state index contributed by atoms with van der Waals surface area (Å²) in [5, 5.41) is 0.483. The van der Waals surface area contributed by atoms with Crippen LogP contribution in [0.2, 0.25) is 5.02 Å². The normalized spacial score (nSPS) is 15.5. The minimum Gasteiger partial charge on any atom is -0.427 e. The van der Waals surface area contributed by atoms with Gasteiger partial charge in [0, 0.05) is 0 Å². The van der Waals surface area contributed by atoms with Gasteiger partial charge in [-0.15, -0.1) is 0 Å². The number of hydrogen-bond donors (Lipinski definition) is 0. The van der Waals surface area contributed by atoms with Crippen LogP contribution < -0.4 is 4.74 Å². The van der Waals surface area contributed by atoms with Crippen molar-refractivity contribution in [1.29, 1.82) is 0 Å². The molecule has 1 saturated carbocycles. The van der Waals surface area contributed by atoms with Gasteiger partial charge in [-0.2, -0.15) is 0 Å². The van der Waals surface area contributed by atoms with Gasteiger partial charge in [0.2, 0.25) is 0 Å². The highest BCUT2D eigenvalue weighted by Gasteiger charge is 2.24. The molecule has 2 rings (SSSR count). The van der Waals surface area contributed by atoms with E-state index in [-0.39, 0.29) is 0 Å². The second kappa shape index (κ2) is 3.38. The summed E-state index contributed by atoms with van der Waals surface area (Å²) < 4.78 is 4.74. The van der Waals surface area contributed by atoms with Gasteiger partial charge in [-0.05, 0) is 36.5 Å². The smallest absolute Gasteiger partial charge is 0.298 e. The molecule has 0 heterocycles. The van der Waals surface area contributed by atoms with Crippen molar-refractivity contribution in [2.75, 3.05) is 0 Å². The predicted molar refractivity (Wildman–Crippen MR) is 50.1 cm³/mol. The first-order valence-electron chi connectivity index (χ1n) is 4.21. The molecule has 13 heavy (non-hydrogen) atoms. The maximum absolute atomic E-state index is 10.1. The van der Waals surface area contributed by atoms with Crippen molar-refractivity contribution in [3.05, 3.63) is 28.8 Å². The SMILES string of the molecule is O=COc1cc(C2CC2)ccc1Cl. The molecule has 0 bridgehead atoms. The van der Waals surface area contributed by atoms with E-state index in [1.54, 1.807) is 6.07 Å². The minimum absolute atomic E-state index is 0.401. The second-order valence-electron chi connectivity index (χ2n) is 3.18. The van der Waals surface area contributed by atoms with Crippen molar-refractivity contribution in [2.24, 2.45) is 0 Å². The lowest BCUT2D eigenvalue weighted by Gasteiger charge is -2.03. The van der Waals surface area contributed by atoms with E-state index in [1.165, 1.54) is 18.4 Å². The van der Waals surface area contributed by atoms with E-state index in [4.69, 9.17) is 16.3 Å². The Kier molecular flexibility index (Phi) is 2.23. The highest BCUT2D eigenvalue weighted by molar-refractivity contribution is 6.32. The maximum atomic E-state index is 10.1. The van der Waals surface area contributed by atoms with Crippen LogP contribution in [-0.4, -0.2) is 6.47 Å². The summed E-state index contributed by atoms with van der Waals surface area (Å²) in [4.78, 5) is 10.1. The topological polar surface area (TPSA) is 26.3 Å². The van der Waals surface area contributed by atoms with Gasteiger partial charge in [0.05, 0.1) is 5.02 Å². The molecule has 1 aliphatic carbocycles. The Morgan fingerprint density at radius 2 is 2.23 bits per heavy atom. The summed E-state index contributed by atoms with van der Waals surface area (Å²) in [7, 11) is 0. The average Bonchev–Trinajstić information content (AvgIpc) is 2.92. The first-order chi connectivity index (χ1) is 6.31. The van der Waals surface area contributed by atoms with Crippen LogP contribution in [-0.2, 0) is 4.79 Å². The third-order valence-electron chi connectivity index (χ3n) is 2.18. The number of ether oxygens (including phenoxy) is 1. The number of halogens is 1. The molecular weight excluding hydrogens is 188 g/mol. The van der Waals surface area contributed by atoms with Gasteiger partial charge in [-0.3, -0.25) is 4.79 Å². The van der Waals surface area contributed by atoms with Crippen LogP contribution in [0.1, 0.15) is 24.3 Å². The molecule has 0 atom stereocenters. The molecule has 0 N–H and O–H groups in total. The van der Waals surface area contributed by atoms with E-state index < -0.39 is 0 Å². The van der Waals surface area contributed by atoms with Crippen molar-refractivity contribution in [1.82, 2.24) is 0 Å².